The van der Waals surface area contributed by atoms with E-state index in [1.807, 2.05) is 0 Å². The van der Waals surface area contributed by atoms with Crippen LogP contribution in [0.2, 0.25) is 0 Å². The van der Waals surface area contributed by atoms with Gasteiger partial charge in [-0.05, 0) is 30.7 Å². The Kier molecular flexibility index (Phi) is 2.68. The third-order valence-corrected chi connectivity index (χ3v) is 2.76. The molecular weight excluding hydrogens is 197 g/mol. The molecule has 0 unspecified atom stereocenters. The Morgan fingerprint density at radius 2 is 2.33 bits per heavy atom. The summed E-state index contributed by atoms with van der Waals surface area (Å²) in [5.74, 6) is -1.32. The monoisotopic (exact) mass is 209 g/mol. The number of carbonyl (C=O) groups is 1. The van der Waals surface area contributed by atoms with Crippen LogP contribution in [0.4, 0.5) is 4.39 Å². The van der Waals surface area contributed by atoms with Crippen molar-refractivity contribution < 1.29 is 14.3 Å². The first-order valence-electron chi connectivity index (χ1n) is 4.90. The highest BCUT2D eigenvalue weighted by Gasteiger charge is 2.33. The van der Waals surface area contributed by atoms with Crippen molar-refractivity contribution in [2.24, 2.45) is 0 Å². The summed E-state index contributed by atoms with van der Waals surface area (Å²) in [7, 11) is 0. The Hall–Kier alpha value is -1.42. The van der Waals surface area contributed by atoms with Gasteiger partial charge in [0.05, 0.1) is 0 Å². The number of benzene rings is 1. The number of aliphatic carboxylic acids is 1. The fourth-order valence-corrected chi connectivity index (χ4v) is 2.06. The predicted molar refractivity (Wildman–Crippen MR) is 53.2 cm³/mol. The fourth-order valence-electron chi connectivity index (χ4n) is 2.06. The number of nitrogens with one attached hydrogen (secondary N) is 1. The van der Waals surface area contributed by atoms with Crippen LogP contribution in [-0.2, 0) is 4.79 Å². The van der Waals surface area contributed by atoms with Gasteiger partial charge in [-0.15, -0.1) is 0 Å². The molecule has 1 aliphatic heterocycles. The van der Waals surface area contributed by atoms with Gasteiger partial charge in [0.1, 0.15) is 11.9 Å². The predicted octanol–water partition coefficient (Wildman–Crippen LogP) is 1.36. The number of carboxylic acids is 1. The summed E-state index contributed by atoms with van der Waals surface area (Å²) in [5, 5.41) is 11.9. The van der Waals surface area contributed by atoms with Crippen LogP contribution in [0.1, 0.15) is 17.9 Å². The molecule has 3 nitrogen and oxygen atoms in total. The molecule has 0 amide bonds. The summed E-state index contributed by atoms with van der Waals surface area (Å²) in [6.45, 7) is 0.665. The Morgan fingerprint density at radius 1 is 1.53 bits per heavy atom. The van der Waals surface area contributed by atoms with Crippen molar-refractivity contribution in [3.63, 3.8) is 0 Å². The first kappa shape index (κ1) is 10.1. The molecular formula is C11H12FNO2. The van der Waals surface area contributed by atoms with E-state index in [0.717, 1.165) is 12.0 Å². The van der Waals surface area contributed by atoms with E-state index in [-0.39, 0.29) is 11.7 Å². The van der Waals surface area contributed by atoms with E-state index in [1.54, 1.807) is 12.1 Å². The van der Waals surface area contributed by atoms with Gasteiger partial charge in [0.15, 0.2) is 0 Å². The van der Waals surface area contributed by atoms with Crippen molar-refractivity contribution in [2.45, 2.75) is 18.4 Å². The topological polar surface area (TPSA) is 49.3 Å². The van der Waals surface area contributed by atoms with E-state index in [1.165, 1.54) is 12.1 Å². The van der Waals surface area contributed by atoms with Gasteiger partial charge >= 0.3 is 5.97 Å². The zero-order valence-corrected chi connectivity index (χ0v) is 8.11. The lowest BCUT2D eigenvalue weighted by molar-refractivity contribution is -0.139. The number of rotatable bonds is 2. The molecule has 2 N–H and O–H groups in total. The van der Waals surface area contributed by atoms with Gasteiger partial charge in [-0.25, -0.2) is 4.39 Å². The Labute approximate surface area is 86.9 Å². The minimum atomic E-state index is -0.873. The average molecular weight is 209 g/mol. The molecule has 0 saturated carbocycles. The van der Waals surface area contributed by atoms with Crippen molar-refractivity contribution in [1.29, 1.82) is 0 Å². The first-order chi connectivity index (χ1) is 7.18. The van der Waals surface area contributed by atoms with Crippen molar-refractivity contribution >= 4 is 5.97 Å². The minimum absolute atomic E-state index is 0.127. The normalized spacial score (nSPS) is 25.4. The highest BCUT2D eigenvalue weighted by atomic mass is 19.1. The lowest BCUT2D eigenvalue weighted by Gasteiger charge is -2.15. The molecule has 0 bridgehead atoms. The van der Waals surface area contributed by atoms with Crippen LogP contribution in [0.5, 0.6) is 0 Å². The van der Waals surface area contributed by atoms with Crippen LogP contribution < -0.4 is 5.32 Å². The van der Waals surface area contributed by atoms with Gasteiger partial charge in [0, 0.05) is 5.92 Å². The second-order valence-corrected chi connectivity index (χ2v) is 3.72. The molecule has 1 heterocycles. The maximum Gasteiger partial charge on any atom is 0.321 e. The number of carboxylic acid groups (broad SMARTS) is 1. The van der Waals surface area contributed by atoms with Gasteiger partial charge in [0.2, 0.25) is 0 Å². The van der Waals surface area contributed by atoms with Gasteiger partial charge < -0.3 is 10.4 Å². The first-order valence-corrected chi connectivity index (χ1v) is 4.90. The number of hydrogen-bond acceptors (Lipinski definition) is 2. The standard InChI is InChI=1S/C11H12FNO2/c12-8-3-1-2-7(6-8)9-4-5-13-10(9)11(14)15/h1-3,6,9-10,13H,4-5H2,(H,14,15)/t9-,10+/m1/s1. The molecule has 1 fully saturated rings. The zero-order chi connectivity index (χ0) is 10.8. The van der Waals surface area contributed by atoms with E-state index in [2.05, 4.69) is 5.32 Å². The van der Waals surface area contributed by atoms with Crippen molar-refractivity contribution in [2.75, 3.05) is 6.54 Å². The van der Waals surface area contributed by atoms with Gasteiger partial charge in [-0.1, -0.05) is 12.1 Å². The van der Waals surface area contributed by atoms with Crippen LogP contribution in [0, 0.1) is 5.82 Å². The van der Waals surface area contributed by atoms with Crippen molar-refractivity contribution in [3.05, 3.63) is 35.6 Å². The van der Waals surface area contributed by atoms with Gasteiger partial charge in [-0.3, -0.25) is 4.79 Å². The molecule has 1 aromatic rings. The average Bonchev–Trinajstić information content (AvgIpc) is 2.65. The van der Waals surface area contributed by atoms with Crippen LogP contribution >= 0.6 is 0 Å². The van der Waals surface area contributed by atoms with E-state index < -0.39 is 12.0 Å². The largest absolute Gasteiger partial charge is 0.480 e. The molecule has 1 aliphatic rings. The molecule has 1 aromatic carbocycles. The second kappa shape index (κ2) is 3.98. The van der Waals surface area contributed by atoms with E-state index in [4.69, 9.17) is 5.11 Å². The summed E-state index contributed by atoms with van der Waals surface area (Å²) in [5.41, 5.74) is 0.757. The zero-order valence-electron chi connectivity index (χ0n) is 8.11. The molecule has 0 aliphatic carbocycles. The maximum absolute atomic E-state index is 13.0. The molecule has 0 spiro atoms. The van der Waals surface area contributed by atoms with E-state index in [9.17, 15) is 9.18 Å². The minimum Gasteiger partial charge on any atom is -0.480 e. The SMILES string of the molecule is O=C(O)[C@H]1NCC[C@@H]1c1cccc(F)c1. The highest BCUT2D eigenvalue weighted by Crippen LogP contribution is 2.28. The third-order valence-electron chi connectivity index (χ3n) is 2.76. The van der Waals surface area contributed by atoms with Crippen LogP contribution in [-0.4, -0.2) is 23.7 Å². The van der Waals surface area contributed by atoms with E-state index >= 15 is 0 Å². The second-order valence-electron chi connectivity index (χ2n) is 3.72. The van der Waals surface area contributed by atoms with Crippen LogP contribution in [0.15, 0.2) is 24.3 Å². The fraction of sp³-hybridized carbons (Fsp3) is 0.364. The highest BCUT2D eigenvalue weighted by molar-refractivity contribution is 5.75. The summed E-state index contributed by atoms with van der Waals surface area (Å²) in [6.07, 6.45) is 0.737. The quantitative estimate of drug-likeness (QED) is 0.773. The molecule has 0 radical (unpaired) electrons. The summed E-state index contributed by atoms with van der Waals surface area (Å²) in [6, 6.07) is 5.57. The number of halogens is 1. The molecule has 80 valence electrons. The molecule has 2 rings (SSSR count). The molecule has 0 aromatic heterocycles. The van der Waals surface area contributed by atoms with Crippen LogP contribution in [0.25, 0.3) is 0 Å². The van der Waals surface area contributed by atoms with Crippen LogP contribution in [0.3, 0.4) is 0 Å². The molecule has 2 atom stereocenters. The number of hydrogen-bond donors (Lipinski definition) is 2. The van der Waals surface area contributed by atoms with Crippen molar-refractivity contribution in [3.8, 4) is 0 Å². The molecule has 15 heavy (non-hydrogen) atoms. The smallest absolute Gasteiger partial charge is 0.321 e. The maximum atomic E-state index is 13.0. The Balaban J connectivity index is 2.26. The molecule has 4 heteroatoms. The molecule has 1 saturated heterocycles. The lowest BCUT2D eigenvalue weighted by Crippen LogP contribution is -2.34. The van der Waals surface area contributed by atoms with Gasteiger partial charge in [0.25, 0.3) is 0 Å². The Morgan fingerprint density at radius 3 is 3.00 bits per heavy atom. The third kappa shape index (κ3) is 1.99. The van der Waals surface area contributed by atoms with Gasteiger partial charge in [-0.2, -0.15) is 0 Å². The van der Waals surface area contributed by atoms with E-state index in [0.29, 0.717) is 6.54 Å². The summed E-state index contributed by atoms with van der Waals surface area (Å²) >= 11 is 0. The summed E-state index contributed by atoms with van der Waals surface area (Å²) in [4.78, 5) is 10.9. The summed E-state index contributed by atoms with van der Waals surface area (Å²) < 4.78 is 13.0. The Bertz CT molecular complexity index is 381. The van der Waals surface area contributed by atoms with Crippen molar-refractivity contribution in [1.82, 2.24) is 5.32 Å². The lowest BCUT2D eigenvalue weighted by atomic mass is 9.92.